The van der Waals surface area contributed by atoms with Crippen LogP contribution in [-0.2, 0) is 4.79 Å². The van der Waals surface area contributed by atoms with Gasteiger partial charge in [-0.15, -0.1) is 0 Å². The Kier molecular flexibility index (Phi) is 4.84. The molecule has 0 aromatic carbocycles. The van der Waals surface area contributed by atoms with Crippen molar-refractivity contribution in [3.8, 4) is 0 Å². The first kappa shape index (κ1) is 12.9. The van der Waals surface area contributed by atoms with Crippen LogP contribution >= 0.6 is 0 Å². The van der Waals surface area contributed by atoms with E-state index in [1.165, 1.54) is 44.9 Å². The van der Waals surface area contributed by atoms with E-state index in [0.717, 1.165) is 12.8 Å². The zero-order chi connectivity index (χ0) is 12.1. The van der Waals surface area contributed by atoms with Gasteiger partial charge in [0.15, 0.2) is 0 Å². The lowest BCUT2D eigenvalue weighted by molar-refractivity contribution is -0.144. The average molecular weight is 239 g/mol. The molecule has 17 heavy (non-hydrogen) atoms. The highest BCUT2D eigenvalue weighted by Gasteiger charge is 2.29. The van der Waals surface area contributed by atoms with Crippen molar-refractivity contribution >= 4 is 5.97 Å². The van der Waals surface area contributed by atoms with E-state index in [1.54, 1.807) is 0 Å². The Hall–Kier alpha value is -0.570. The second-order valence-corrected chi connectivity index (χ2v) is 5.73. The predicted molar refractivity (Wildman–Crippen MR) is 68.0 cm³/mol. The van der Waals surface area contributed by atoms with Crippen molar-refractivity contribution in [1.82, 2.24) is 5.32 Å². The lowest BCUT2D eigenvalue weighted by Crippen LogP contribution is -2.38. The summed E-state index contributed by atoms with van der Waals surface area (Å²) >= 11 is 0. The zero-order valence-corrected chi connectivity index (χ0v) is 10.7. The van der Waals surface area contributed by atoms with Gasteiger partial charge in [0.2, 0.25) is 0 Å². The monoisotopic (exact) mass is 239 g/mol. The molecule has 3 heteroatoms. The minimum absolute atomic E-state index is 0.157. The lowest BCUT2D eigenvalue weighted by Gasteiger charge is -2.28. The maximum absolute atomic E-state index is 11.4. The SMILES string of the molecule is O=C(O)C(CNC1CCCC1)C1CCCCC1. The van der Waals surface area contributed by atoms with Gasteiger partial charge >= 0.3 is 5.97 Å². The summed E-state index contributed by atoms with van der Waals surface area (Å²) in [5, 5.41) is 12.8. The van der Waals surface area contributed by atoms with E-state index in [0.29, 0.717) is 18.5 Å². The third-order valence-corrected chi connectivity index (χ3v) is 4.52. The van der Waals surface area contributed by atoms with Gasteiger partial charge < -0.3 is 10.4 Å². The number of carbonyl (C=O) groups is 1. The Morgan fingerprint density at radius 2 is 1.65 bits per heavy atom. The summed E-state index contributed by atoms with van der Waals surface area (Å²) in [6.07, 6.45) is 11.0. The summed E-state index contributed by atoms with van der Waals surface area (Å²) in [7, 11) is 0. The maximum atomic E-state index is 11.4. The Morgan fingerprint density at radius 3 is 2.24 bits per heavy atom. The quantitative estimate of drug-likeness (QED) is 0.775. The van der Waals surface area contributed by atoms with Crippen LogP contribution in [0.4, 0.5) is 0 Å². The standard InChI is InChI=1S/C14H25NO2/c16-14(17)13(11-6-2-1-3-7-11)10-15-12-8-4-5-9-12/h11-13,15H,1-10H2,(H,16,17). The number of nitrogens with one attached hydrogen (secondary N) is 1. The average Bonchev–Trinajstić information content (AvgIpc) is 2.83. The summed E-state index contributed by atoms with van der Waals surface area (Å²) in [4.78, 5) is 11.4. The molecule has 0 heterocycles. The van der Waals surface area contributed by atoms with Gasteiger partial charge in [-0.05, 0) is 31.6 Å². The van der Waals surface area contributed by atoms with Gasteiger partial charge in [0.05, 0.1) is 5.92 Å². The molecule has 2 rings (SSSR count). The van der Waals surface area contributed by atoms with Crippen LogP contribution in [0.25, 0.3) is 0 Å². The van der Waals surface area contributed by atoms with E-state index in [-0.39, 0.29) is 5.92 Å². The molecule has 0 saturated heterocycles. The molecule has 0 amide bonds. The molecule has 0 aromatic rings. The van der Waals surface area contributed by atoms with Crippen LogP contribution in [0.3, 0.4) is 0 Å². The molecule has 2 aliphatic carbocycles. The van der Waals surface area contributed by atoms with E-state index in [4.69, 9.17) is 0 Å². The normalized spacial score (nSPS) is 24.9. The van der Waals surface area contributed by atoms with Gasteiger partial charge in [0.1, 0.15) is 0 Å². The highest BCUT2D eigenvalue weighted by Crippen LogP contribution is 2.30. The number of aliphatic carboxylic acids is 1. The number of carboxylic acid groups (broad SMARTS) is 1. The van der Waals surface area contributed by atoms with Crippen molar-refractivity contribution in [3.63, 3.8) is 0 Å². The molecule has 0 spiro atoms. The minimum atomic E-state index is -0.595. The first-order valence-electron chi connectivity index (χ1n) is 7.23. The van der Waals surface area contributed by atoms with Crippen LogP contribution in [0.1, 0.15) is 57.8 Å². The van der Waals surface area contributed by atoms with Crippen LogP contribution in [0.2, 0.25) is 0 Å². The lowest BCUT2D eigenvalue weighted by atomic mass is 9.80. The molecule has 0 radical (unpaired) electrons. The molecule has 98 valence electrons. The highest BCUT2D eigenvalue weighted by atomic mass is 16.4. The number of carboxylic acids is 1. The highest BCUT2D eigenvalue weighted by molar-refractivity contribution is 5.70. The second kappa shape index (κ2) is 6.39. The van der Waals surface area contributed by atoms with E-state index in [1.807, 2.05) is 0 Å². The van der Waals surface area contributed by atoms with Crippen molar-refractivity contribution in [2.24, 2.45) is 11.8 Å². The van der Waals surface area contributed by atoms with Gasteiger partial charge in [-0.2, -0.15) is 0 Å². The van der Waals surface area contributed by atoms with Crippen molar-refractivity contribution in [2.45, 2.75) is 63.8 Å². The zero-order valence-electron chi connectivity index (χ0n) is 10.7. The Labute approximate surface area is 104 Å². The van der Waals surface area contributed by atoms with Crippen LogP contribution in [-0.4, -0.2) is 23.7 Å². The van der Waals surface area contributed by atoms with E-state index >= 15 is 0 Å². The molecule has 2 fully saturated rings. The summed E-state index contributed by atoms with van der Waals surface area (Å²) in [5.74, 6) is -0.339. The van der Waals surface area contributed by atoms with E-state index in [2.05, 4.69) is 5.32 Å². The second-order valence-electron chi connectivity index (χ2n) is 5.73. The van der Waals surface area contributed by atoms with E-state index < -0.39 is 5.97 Å². The molecule has 1 unspecified atom stereocenters. The smallest absolute Gasteiger partial charge is 0.308 e. The molecule has 0 bridgehead atoms. The van der Waals surface area contributed by atoms with Crippen molar-refractivity contribution in [2.75, 3.05) is 6.54 Å². The predicted octanol–water partition coefficient (Wildman–Crippen LogP) is 2.80. The summed E-state index contributed by atoms with van der Waals surface area (Å²) in [6.45, 7) is 0.685. The fraction of sp³-hybridized carbons (Fsp3) is 0.929. The van der Waals surface area contributed by atoms with Gasteiger partial charge in [0.25, 0.3) is 0 Å². The Morgan fingerprint density at radius 1 is 1.06 bits per heavy atom. The van der Waals surface area contributed by atoms with E-state index in [9.17, 15) is 9.90 Å². The molecule has 1 atom stereocenters. The molecule has 0 aliphatic heterocycles. The summed E-state index contributed by atoms with van der Waals surface area (Å²) in [5.41, 5.74) is 0. The number of rotatable bonds is 5. The molecular weight excluding hydrogens is 214 g/mol. The Balaban J connectivity index is 1.80. The van der Waals surface area contributed by atoms with Crippen LogP contribution in [0, 0.1) is 11.8 Å². The molecule has 2 N–H and O–H groups in total. The Bertz CT molecular complexity index is 243. The van der Waals surface area contributed by atoms with Crippen LogP contribution in [0.15, 0.2) is 0 Å². The van der Waals surface area contributed by atoms with Crippen molar-refractivity contribution in [1.29, 1.82) is 0 Å². The van der Waals surface area contributed by atoms with Crippen LogP contribution in [0.5, 0.6) is 0 Å². The first-order chi connectivity index (χ1) is 8.27. The maximum Gasteiger partial charge on any atom is 0.308 e. The molecule has 0 aromatic heterocycles. The van der Waals surface area contributed by atoms with Crippen molar-refractivity contribution in [3.05, 3.63) is 0 Å². The van der Waals surface area contributed by atoms with Gasteiger partial charge in [-0.3, -0.25) is 4.79 Å². The molecule has 3 nitrogen and oxygen atoms in total. The van der Waals surface area contributed by atoms with Gasteiger partial charge in [-0.25, -0.2) is 0 Å². The summed E-state index contributed by atoms with van der Waals surface area (Å²) < 4.78 is 0. The fourth-order valence-corrected chi connectivity index (χ4v) is 3.42. The topological polar surface area (TPSA) is 49.3 Å². The largest absolute Gasteiger partial charge is 0.481 e. The molecular formula is C14H25NO2. The van der Waals surface area contributed by atoms with Crippen molar-refractivity contribution < 1.29 is 9.90 Å². The third kappa shape index (κ3) is 3.70. The summed E-state index contributed by atoms with van der Waals surface area (Å²) in [6, 6.07) is 0.584. The minimum Gasteiger partial charge on any atom is -0.481 e. The number of hydrogen-bond donors (Lipinski definition) is 2. The van der Waals surface area contributed by atoms with Gasteiger partial charge in [0, 0.05) is 12.6 Å². The fourth-order valence-electron chi connectivity index (χ4n) is 3.42. The first-order valence-corrected chi connectivity index (χ1v) is 7.23. The van der Waals surface area contributed by atoms with Crippen LogP contribution < -0.4 is 5.32 Å². The molecule has 2 aliphatic rings. The third-order valence-electron chi connectivity index (χ3n) is 4.52. The van der Waals surface area contributed by atoms with Gasteiger partial charge in [-0.1, -0.05) is 32.1 Å². The molecule has 2 saturated carbocycles. The number of hydrogen-bond acceptors (Lipinski definition) is 2.